The Morgan fingerprint density at radius 1 is 1.20 bits per heavy atom. The standard InChI is InChI=1S/C24H34N4O2/c1-16(2)14-17(3)28(19-10-11-20-18(15-19)12-13-25-20)22(29)9-7-8-21-26-23(27-30-21)24(4,5)6/h10-13,15-17,25H,7-9,14H2,1-6H3. The lowest BCUT2D eigenvalue weighted by molar-refractivity contribution is -0.119. The normalized spacial score (nSPS) is 13.2. The summed E-state index contributed by atoms with van der Waals surface area (Å²) in [6.07, 6.45) is 4.62. The van der Waals surface area contributed by atoms with Gasteiger partial charge in [-0.15, -0.1) is 0 Å². The highest BCUT2D eigenvalue weighted by molar-refractivity contribution is 5.96. The van der Waals surface area contributed by atoms with Crippen molar-refractivity contribution in [1.82, 2.24) is 15.1 Å². The van der Waals surface area contributed by atoms with E-state index in [4.69, 9.17) is 4.52 Å². The van der Waals surface area contributed by atoms with Gasteiger partial charge in [-0.1, -0.05) is 39.8 Å². The minimum Gasteiger partial charge on any atom is -0.361 e. The van der Waals surface area contributed by atoms with Gasteiger partial charge in [-0.05, 0) is 49.9 Å². The summed E-state index contributed by atoms with van der Waals surface area (Å²) in [5.41, 5.74) is 1.89. The average molecular weight is 411 g/mol. The van der Waals surface area contributed by atoms with E-state index in [1.807, 2.05) is 29.3 Å². The fourth-order valence-corrected chi connectivity index (χ4v) is 3.79. The summed E-state index contributed by atoms with van der Waals surface area (Å²) in [6, 6.07) is 8.33. The number of anilines is 1. The van der Waals surface area contributed by atoms with E-state index in [0.29, 0.717) is 36.9 Å². The van der Waals surface area contributed by atoms with E-state index in [-0.39, 0.29) is 17.4 Å². The van der Waals surface area contributed by atoms with Crippen molar-refractivity contribution >= 4 is 22.5 Å². The SMILES string of the molecule is CC(C)CC(C)N(C(=O)CCCc1nc(C(C)(C)C)no1)c1ccc2[nH]ccc2c1. The highest BCUT2D eigenvalue weighted by Gasteiger charge is 2.24. The molecule has 0 fully saturated rings. The van der Waals surface area contributed by atoms with Crippen molar-refractivity contribution in [3.05, 3.63) is 42.2 Å². The molecule has 0 aliphatic carbocycles. The van der Waals surface area contributed by atoms with Crippen molar-refractivity contribution in [2.24, 2.45) is 5.92 Å². The lowest BCUT2D eigenvalue weighted by atomic mass is 9.96. The molecule has 1 amide bonds. The summed E-state index contributed by atoms with van der Waals surface area (Å²) < 4.78 is 5.37. The lowest BCUT2D eigenvalue weighted by Gasteiger charge is -2.31. The van der Waals surface area contributed by atoms with E-state index in [2.05, 4.69) is 62.7 Å². The molecular weight excluding hydrogens is 376 g/mol. The van der Waals surface area contributed by atoms with Crippen LogP contribution in [0.1, 0.15) is 72.5 Å². The Morgan fingerprint density at radius 3 is 2.63 bits per heavy atom. The van der Waals surface area contributed by atoms with Gasteiger partial charge >= 0.3 is 0 Å². The Hall–Kier alpha value is -2.63. The zero-order chi connectivity index (χ0) is 21.9. The third kappa shape index (κ3) is 5.29. The average Bonchev–Trinajstić information content (AvgIpc) is 3.29. The fraction of sp³-hybridized carbons (Fsp3) is 0.542. The van der Waals surface area contributed by atoms with Gasteiger partial charge in [-0.25, -0.2) is 0 Å². The lowest BCUT2D eigenvalue weighted by Crippen LogP contribution is -2.39. The van der Waals surface area contributed by atoms with Crippen LogP contribution in [0.25, 0.3) is 10.9 Å². The number of aromatic nitrogens is 3. The molecule has 0 radical (unpaired) electrons. The number of nitrogens with zero attached hydrogens (tertiary/aromatic N) is 3. The molecule has 1 aromatic carbocycles. The summed E-state index contributed by atoms with van der Waals surface area (Å²) in [4.78, 5) is 22.9. The van der Waals surface area contributed by atoms with Crippen molar-refractivity contribution in [1.29, 1.82) is 0 Å². The van der Waals surface area contributed by atoms with E-state index in [9.17, 15) is 4.79 Å². The first-order valence-electron chi connectivity index (χ1n) is 10.9. The second-order valence-corrected chi connectivity index (χ2v) is 9.61. The van der Waals surface area contributed by atoms with Gasteiger partial charge in [-0.3, -0.25) is 4.79 Å². The quantitative estimate of drug-likeness (QED) is 0.521. The zero-order valence-electron chi connectivity index (χ0n) is 19.0. The van der Waals surface area contributed by atoms with Crippen molar-refractivity contribution < 1.29 is 9.32 Å². The van der Waals surface area contributed by atoms with Gasteiger partial charge in [0.1, 0.15) is 0 Å². The third-order valence-corrected chi connectivity index (χ3v) is 5.26. The molecule has 2 aromatic heterocycles. The molecule has 0 spiro atoms. The van der Waals surface area contributed by atoms with Crippen LogP contribution in [-0.4, -0.2) is 27.1 Å². The number of hydrogen-bond acceptors (Lipinski definition) is 4. The third-order valence-electron chi connectivity index (χ3n) is 5.26. The number of amides is 1. The molecule has 1 N–H and O–H groups in total. The number of aromatic amines is 1. The van der Waals surface area contributed by atoms with Crippen LogP contribution < -0.4 is 4.90 Å². The molecule has 3 rings (SSSR count). The predicted octanol–water partition coefficient (Wildman–Crippen LogP) is 5.64. The van der Waals surface area contributed by atoms with E-state index >= 15 is 0 Å². The van der Waals surface area contributed by atoms with Crippen LogP contribution in [0.15, 0.2) is 35.0 Å². The number of fused-ring (bicyclic) bond motifs is 1. The molecule has 1 unspecified atom stereocenters. The number of carbonyl (C=O) groups is 1. The molecule has 2 heterocycles. The largest absolute Gasteiger partial charge is 0.361 e. The van der Waals surface area contributed by atoms with Crippen LogP contribution in [0, 0.1) is 5.92 Å². The van der Waals surface area contributed by atoms with E-state index in [0.717, 1.165) is 23.0 Å². The first-order chi connectivity index (χ1) is 14.1. The van der Waals surface area contributed by atoms with Gasteiger partial charge in [0.05, 0.1) is 0 Å². The summed E-state index contributed by atoms with van der Waals surface area (Å²) >= 11 is 0. The maximum absolute atomic E-state index is 13.2. The van der Waals surface area contributed by atoms with E-state index < -0.39 is 0 Å². The van der Waals surface area contributed by atoms with E-state index in [1.165, 1.54) is 0 Å². The monoisotopic (exact) mass is 410 g/mol. The van der Waals surface area contributed by atoms with Gasteiger partial charge < -0.3 is 14.4 Å². The summed E-state index contributed by atoms with van der Waals surface area (Å²) in [7, 11) is 0. The van der Waals surface area contributed by atoms with Crippen LogP contribution in [0.5, 0.6) is 0 Å². The molecule has 0 aliphatic rings. The second-order valence-electron chi connectivity index (χ2n) is 9.61. The molecule has 0 saturated carbocycles. The molecule has 0 saturated heterocycles. The minimum atomic E-state index is -0.141. The summed E-state index contributed by atoms with van der Waals surface area (Å²) in [5, 5.41) is 5.18. The second kappa shape index (κ2) is 9.02. The Balaban J connectivity index is 1.71. The highest BCUT2D eigenvalue weighted by Crippen LogP contribution is 2.26. The van der Waals surface area contributed by atoms with Crippen LogP contribution in [0.3, 0.4) is 0 Å². The number of nitrogens with one attached hydrogen (secondary N) is 1. The number of aryl methyl sites for hydroxylation is 1. The Kier molecular flexibility index (Phi) is 6.64. The van der Waals surface area contributed by atoms with Crippen LogP contribution in [0.2, 0.25) is 0 Å². The number of H-pyrrole nitrogens is 1. The predicted molar refractivity (Wildman–Crippen MR) is 121 cm³/mol. The van der Waals surface area contributed by atoms with Gasteiger partial charge in [0.15, 0.2) is 5.82 Å². The zero-order valence-corrected chi connectivity index (χ0v) is 19.0. The molecular formula is C24H34N4O2. The number of benzene rings is 1. The summed E-state index contributed by atoms with van der Waals surface area (Å²) in [6.45, 7) is 12.7. The number of rotatable bonds is 8. The fourth-order valence-electron chi connectivity index (χ4n) is 3.79. The maximum atomic E-state index is 13.2. The first kappa shape index (κ1) is 22.1. The van der Waals surface area contributed by atoms with Crippen molar-refractivity contribution in [2.45, 2.75) is 78.7 Å². The Morgan fingerprint density at radius 2 is 1.97 bits per heavy atom. The van der Waals surface area contributed by atoms with Crippen molar-refractivity contribution in [3.63, 3.8) is 0 Å². The van der Waals surface area contributed by atoms with Crippen LogP contribution in [0.4, 0.5) is 5.69 Å². The molecule has 3 aromatic rings. The van der Waals surface area contributed by atoms with Crippen molar-refractivity contribution in [2.75, 3.05) is 4.90 Å². The smallest absolute Gasteiger partial charge is 0.227 e. The van der Waals surface area contributed by atoms with E-state index in [1.54, 1.807) is 0 Å². The maximum Gasteiger partial charge on any atom is 0.227 e. The summed E-state index contributed by atoms with van der Waals surface area (Å²) in [5.74, 6) is 1.95. The van der Waals surface area contributed by atoms with Gasteiger partial charge in [0.25, 0.3) is 0 Å². The van der Waals surface area contributed by atoms with Gasteiger partial charge in [-0.2, -0.15) is 4.98 Å². The molecule has 0 aliphatic heterocycles. The molecule has 162 valence electrons. The minimum absolute atomic E-state index is 0.129. The Bertz CT molecular complexity index is 980. The van der Waals surface area contributed by atoms with Crippen molar-refractivity contribution in [3.8, 4) is 0 Å². The Labute approximate surface area is 179 Å². The molecule has 6 nitrogen and oxygen atoms in total. The van der Waals surface area contributed by atoms with Gasteiger partial charge in [0.2, 0.25) is 11.8 Å². The topological polar surface area (TPSA) is 75.0 Å². The molecule has 6 heteroatoms. The molecule has 30 heavy (non-hydrogen) atoms. The van der Waals surface area contributed by atoms with Crippen LogP contribution in [-0.2, 0) is 16.6 Å². The molecule has 1 atom stereocenters. The van der Waals surface area contributed by atoms with Gasteiger partial charge in [0, 0.05) is 47.1 Å². The van der Waals surface area contributed by atoms with Crippen LogP contribution >= 0.6 is 0 Å². The number of carbonyl (C=O) groups excluding carboxylic acids is 1. The first-order valence-corrected chi connectivity index (χ1v) is 10.9. The molecule has 0 bridgehead atoms. The highest BCUT2D eigenvalue weighted by atomic mass is 16.5. The number of hydrogen-bond donors (Lipinski definition) is 1.